The Morgan fingerprint density at radius 3 is 2.81 bits per heavy atom. The third kappa shape index (κ3) is 2.33. The summed E-state index contributed by atoms with van der Waals surface area (Å²) in [4.78, 5) is 11.9. The number of hydrogen-bond donors (Lipinski definition) is 0. The minimum atomic E-state index is -0.286. The van der Waals surface area contributed by atoms with Crippen LogP contribution in [-0.2, 0) is 4.74 Å². The highest BCUT2D eigenvalue weighted by Crippen LogP contribution is 2.27. The third-order valence-electron chi connectivity index (χ3n) is 2.14. The van der Waals surface area contributed by atoms with Crippen LogP contribution in [0.15, 0.2) is 40.2 Å². The molecule has 0 bridgehead atoms. The van der Waals surface area contributed by atoms with Gasteiger partial charge in [0.25, 0.3) is 0 Å². The molecular weight excluding hydrogens is 288 g/mol. The minimum Gasteiger partial charge on any atom is -0.465 e. The van der Waals surface area contributed by atoms with Gasteiger partial charge in [-0.05, 0) is 34.7 Å². The van der Waals surface area contributed by atoms with Crippen molar-refractivity contribution in [2.24, 2.45) is 0 Å². The van der Waals surface area contributed by atoms with E-state index >= 15 is 0 Å². The molecule has 1 heterocycles. The maximum atomic E-state index is 11.3. The summed E-state index contributed by atoms with van der Waals surface area (Å²) in [5, 5.41) is 1.95. The van der Waals surface area contributed by atoms with Crippen molar-refractivity contribution in [3.63, 3.8) is 0 Å². The summed E-state index contributed by atoms with van der Waals surface area (Å²) in [6, 6.07) is 9.81. The molecule has 0 saturated carbocycles. The molecule has 2 nitrogen and oxygen atoms in total. The summed E-state index contributed by atoms with van der Waals surface area (Å²) in [6.07, 6.45) is 0. The van der Waals surface area contributed by atoms with Gasteiger partial charge in [0, 0.05) is 4.47 Å². The highest BCUT2D eigenvalue weighted by molar-refractivity contribution is 9.10. The number of benzene rings is 1. The number of carbonyl (C=O) groups excluding carboxylic acids is 1. The zero-order valence-electron chi connectivity index (χ0n) is 8.57. The molecule has 2 rings (SSSR count). The quantitative estimate of drug-likeness (QED) is 0.784. The second-order valence-electron chi connectivity index (χ2n) is 3.20. The highest BCUT2D eigenvalue weighted by Gasteiger charge is 2.09. The van der Waals surface area contributed by atoms with Crippen molar-refractivity contribution in [1.29, 1.82) is 0 Å². The first-order valence-corrected chi connectivity index (χ1v) is 6.31. The SMILES string of the molecule is COC(=O)c1cc(-c2cccc(Br)c2)cs1. The van der Waals surface area contributed by atoms with Crippen molar-refractivity contribution in [1.82, 2.24) is 0 Å². The largest absolute Gasteiger partial charge is 0.465 e. The zero-order valence-corrected chi connectivity index (χ0v) is 11.0. The summed E-state index contributed by atoms with van der Waals surface area (Å²) in [5.74, 6) is -0.286. The number of esters is 1. The monoisotopic (exact) mass is 296 g/mol. The van der Waals surface area contributed by atoms with Crippen LogP contribution in [-0.4, -0.2) is 13.1 Å². The van der Waals surface area contributed by atoms with E-state index in [-0.39, 0.29) is 5.97 Å². The lowest BCUT2D eigenvalue weighted by Crippen LogP contribution is -1.96. The number of hydrogen-bond acceptors (Lipinski definition) is 3. The predicted octanol–water partition coefficient (Wildman–Crippen LogP) is 3.96. The average molecular weight is 297 g/mol. The molecule has 0 spiro atoms. The predicted molar refractivity (Wildman–Crippen MR) is 68.8 cm³/mol. The molecule has 1 aromatic heterocycles. The van der Waals surface area contributed by atoms with Gasteiger partial charge in [0.15, 0.2) is 0 Å². The van der Waals surface area contributed by atoms with Crippen LogP contribution >= 0.6 is 27.3 Å². The summed E-state index contributed by atoms with van der Waals surface area (Å²) in [6.45, 7) is 0. The lowest BCUT2D eigenvalue weighted by atomic mass is 10.1. The summed E-state index contributed by atoms with van der Waals surface area (Å²) >= 11 is 4.81. The molecule has 0 radical (unpaired) electrons. The minimum absolute atomic E-state index is 0.286. The number of carbonyl (C=O) groups is 1. The fourth-order valence-electron chi connectivity index (χ4n) is 1.36. The Hall–Kier alpha value is -1.13. The third-order valence-corrected chi connectivity index (χ3v) is 3.55. The van der Waals surface area contributed by atoms with E-state index < -0.39 is 0 Å². The Morgan fingerprint density at radius 1 is 1.31 bits per heavy atom. The first-order valence-electron chi connectivity index (χ1n) is 4.63. The van der Waals surface area contributed by atoms with Crippen LogP contribution in [0.1, 0.15) is 9.67 Å². The molecule has 0 N–H and O–H groups in total. The van der Waals surface area contributed by atoms with Crippen molar-refractivity contribution >= 4 is 33.2 Å². The Labute approximate surface area is 106 Å². The Balaban J connectivity index is 2.35. The zero-order chi connectivity index (χ0) is 11.5. The van der Waals surface area contributed by atoms with E-state index in [1.54, 1.807) is 0 Å². The summed E-state index contributed by atoms with van der Waals surface area (Å²) in [7, 11) is 1.39. The van der Waals surface area contributed by atoms with E-state index in [0.29, 0.717) is 4.88 Å². The molecule has 1 aromatic carbocycles. The Bertz CT molecular complexity index is 519. The Kier molecular flexibility index (Phi) is 3.41. The van der Waals surface area contributed by atoms with Gasteiger partial charge in [-0.25, -0.2) is 4.79 Å². The first kappa shape index (κ1) is 11.4. The lowest BCUT2D eigenvalue weighted by Gasteiger charge is -1.97. The molecule has 0 amide bonds. The van der Waals surface area contributed by atoms with Gasteiger partial charge in [-0.3, -0.25) is 0 Å². The van der Waals surface area contributed by atoms with E-state index in [2.05, 4.69) is 20.7 Å². The molecule has 0 aliphatic rings. The number of halogens is 1. The second-order valence-corrected chi connectivity index (χ2v) is 5.03. The molecule has 0 unspecified atom stereocenters. The molecule has 0 atom stereocenters. The van der Waals surface area contributed by atoms with Crippen molar-refractivity contribution in [2.75, 3.05) is 7.11 Å². The van der Waals surface area contributed by atoms with Crippen LogP contribution in [0, 0.1) is 0 Å². The molecule has 16 heavy (non-hydrogen) atoms. The van der Waals surface area contributed by atoms with Crippen LogP contribution in [0.2, 0.25) is 0 Å². The van der Waals surface area contributed by atoms with Gasteiger partial charge in [-0.1, -0.05) is 28.1 Å². The number of methoxy groups -OCH3 is 1. The first-order chi connectivity index (χ1) is 7.70. The van der Waals surface area contributed by atoms with E-state index in [1.807, 2.05) is 35.7 Å². The van der Waals surface area contributed by atoms with Crippen LogP contribution in [0.25, 0.3) is 11.1 Å². The van der Waals surface area contributed by atoms with Gasteiger partial charge >= 0.3 is 5.97 Å². The average Bonchev–Trinajstić information content (AvgIpc) is 2.77. The van der Waals surface area contributed by atoms with Gasteiger partial charge in [-0.15, -0.1) is 11.3 Å². The molecule has 0 fully saturated rings. The second kappa shape index (κ2) is 4.80. The van der Waals surface area contributed by atoms with Crippen LogP contribution in [0.3, 0.4) is 0 Å². The summed E-state index contributed by atoms with van der Waals surface area (Å²) in [5.41, 5.74) is 2.12. The van der Waals surface area contributed by atoms with Gasteiger partial charge in [0.05, 0.1) is 7.11 Å². The molecular formula is C12H9BrO2S. The van der Waals surface area contributed by atoms with E-state index in [9.17, 15) is 4.79 Å². The molecule has 82 valence electrons. The maximum Gasteiger partial charge on any atom is 0.348 e. The molecule has 0 aliphatic heterocycles. The van der Waals surface area contributed by atoms with Crippen LogP contribution in [0.5, 0.6) is 0 Å². The molecule has 0 aliphatic carbocycles. The Morgan fingerprint density at radius 2 is 2.12 bits per heavy atom. The van der Waals surface area contributed by atoms with E-state index in [0.717, 1.165) is 15.6 Å². The highest BCUT2D eigenvalue weighted by atomic mass is 79.9. The summed E-state index contributed by atoms with van der Waals surface area (Å²) < 4.78 is 5.70. The number of ether oxygens (including phenoxy) is 1. The van der Waals surface area contributed by atoms with E-state index in [4.69, 9.17) is 0 Å². The van der Waals surface area contributed by atoms with Gasteiger partial charge in [0.1, 0.15) is 4.88 Å². The fraction of sp³-hybridized carbons (Fsp3) is 0.0833. The molecule has 4 heteroatoms. The van der Waals surface area contributed by atoms with Crippen molar-refractivity contribution < 1.29 is 9.53 Å². The molecule has 0 saturated heterocycles. The van der Waals surface area contributed by atoms with Crippen molar-refractivity contribution in [3.8, 4) is 11.1 Å². The normalized spacial score (nSPS) is 10.1. The van der Waals surface area contributed by atoms with E-state index in [1.165, 1.54) is 18.4 Å². The fourth-order valence-corrected chi connectivity index (χ4v) is 2.60. The lowest BCUT2D eigenvalue weighted by molar-refractivity contribution is 0.0606. The number of thiophene rings is 1. The van der Waals surface area contributed by atoms with Gasteiger partial charge in [0.2, 0.25) is 0 Å². The van der Waals surface area contributed by atoms with Crippen LogP contribution in [0.4, 0.5) is 0 Å². The standard InChI is InChI=1S/C12H9BrO2S/c1-15-12(14)11-6-9(7-16-11)8-3-2-4-10(13)5-8/h2-7H,1H3. The number of rotatable bonds is 2. The van der Waals surface area contributed by atoms with Crippen molar-refractivity contribution in [3.05, 3.63) is 45.1 Å². The van der Waals surface area contributed by atoms with Crippen LogP contribution < -0.4 is 0 Å². The maximum absolute atomic E-state index is 11.3. The van der Waals surface area contributed by atoms with Crippen molar-refractivity contribution in [2.45, 2.75) is 0 Å². The molecule has 2 aromatic rings. The van der Waals surface area contributed by atoms with Gasteiger partial charge < -0.3 is 4.74 Å². The topological polar surface area (TPSA) is 26.3 Å². The smallest absolute Gasteiger partial charge is 0.348 e. The van der Waals surface area contributed by atoms with Gasteiger partial charge in [-0.2, -0.15) is 0 Å².